The molecule has 230 valence electrons. The van der Waals surface area contributed by atoms with Crippen LogP contribution < -0.4 is 15.4 Å². The SMILES string of the molecule is CC(C)(C)OC(=O)N[C@H]1CCCCC/C=C\[C@@H]2C[C@@]2(C(=O)NS(=O)(=O)c2ccc(Cl)cc2)NC(=O)C2CCCN2C1=O. The van der Waals surface area contributed by atoms with E-state index in [2.05, 4.69) is 15.4 Å². The molecule has 3 N–H and O–H groups in total. The maximum absolute atomic E-state index is 13.7. The third-order valence-electron chi connectivity index (χ3n) is 7.68. The normalized spacial score (nSPS) is 27.8. The first-order valence-electron chi connectivity index (χ1n) is 14.3. The molecule has 3 aliphatic rings. The van der Waals surface area contributed by atoms with Crippen LogP contribution in [0, 0.1) is 5.92 Å². The van der Waals surface area contributed by atoms with Gasteiger partial charge in [-0.3, -0.25) is 14.4 Å². The summed E-state index contributed by atoms with van der Waals surface area (Å²) in [6.45, 7) is 5.52. The average Bonchev–Trinajstić information content (AvgIpc) is 3.35. The number of carbonyl (C=O) groups is 4. The Morgan fingerprint density at radius 1 is 1.07 bits per heavy atom. The van der Waals surface area contributed by atoms with E-state index in [-0.39, 0.29) is 17.2 Å². The van der Waals surface area contributed by atoms with E-state index in [1.807, 2.05) is 12.2 Å². The fourth-order valence-corrected chi connectivity index (χ4v) is 6.59. The predicted molar refractivity (Wildman–Crippen MR) is 156 cm³/mol. The fraction of sp³-hybridized carbons (Fsp3) is 0.586. The summed E-state index contributed by atoms with van der Waals surface area (Å²) in [5, 5.41) is 5.85. The van der Waals surface area contributed by atoms with Gasteiger partial charge in [-0.15, -0.1) is 0 Å². The number of carbonyl (C=O) groups excluding carboxylic acids is 4. The van der Waals surface area contributed by atoms with Crippen LogP contribution in [0.5, 0.6) is 0 Å². The first-order chi connectivity index (χ1) is 19.7. The molecule has 4 atom stereocenters. The predicted octanol–water partition coefficient (Wildman–Crippen LogP) is 3.42. The molecule has 2 aliphatic heterocycles. The molecule has 1 aromatic carbocycles. The minimum Gasteiger partial charge on any atom is -0.444 e. The molecular formula is C29H39ClN4O7S. The van der Waals surface area contributed by atoms with E-state index in [9.17, 15) is 27.6 Å². The summed E-state index contributed by atoms with van der Waals surface area (Å²) in [5.41, 5.74) is -2.22. The number of sulfonamides is 1. The van der Waals surface area contributed by atoms with Crippen LogP contribution in [0.3, 0.4) is 0 Å². The maximum atomic E-state index is 13.7. The van der Waals surface area contributed by atoms with Gasteiger partial charge in [-0.2, -0.15) is 0 Å². The maximum Gasteiger partial charge on any atom is 0.408 e. The van der Waals surface area contributed by atoms with Crippen molar-refractivity contribution in [2.75, 3.05) is 6.54 Å². The van der Waals surface area contributed by atoms with Crippen molar-refractivity contribution in [1.29, 1.82) is 0 Å². The van der Waals surface area contributed by atoms with Crippen LogP contribution in [0.1, 0.15) is 72.1 Å². The quantitative estimate of drug-likeness (QED) is 0.435. The number of allylic oxidation sites excluding steroid dienone is 1. The van der Waals surface area contributed by atoms with Gasteiger partial charge in [0, 0.05) is 17.5 Å². The average molecular weight is 623 g/mol. The van der Waals surface area contributed by atoms with E-state index >= 15 is 0 Å². The van der Waals surface area contributed by atoms with Gasteiger partial charge in [0.2, 0.25) is 11.8 Å². The van der Waals surface area contributed by atoms with Crippen LogP contribution in [0.25, 0.3) is 0 Å². The number of rotatable bonds is 4. The number of nitrogens with one attached hydrogen (secondary N) is 3. The summed E-state index contributed by atoms with van der Waals surface area (Å²) in [4.78, 5) is 54.7. The highest BCUT2D eigenvalue weighted by molar-refractivity contribution is 7.90. The van der Waals surface area contributed by atoms with Crippen molar-refractivity contribution in [1.82, 2.24) is 20.3 Å². The molecule has 1 aromatic rings. The van der Waals surface area contributed by atoms with Gasteiger partial charge >= 0.3 is 6.09 Å². The number of amides is 4. The van der Waals surface area contributed by atoms with Gasteiger partial charge < -0.3 is 20.3 Å². The highest BCUT2D eigenvalue weighted by Gasteiger charge is 2.61. The highest BCUT2D eigenvalue weighted by Crippen LogP contribution is 2.45. The van der Waals surface area contributed by atoms with Gasteiger partial charge in [0.25, 0.3) is 15.9 Å². The molecule has 2 heterocycles. The third-order valence-corrected chi connectivity index (χ3v) is 9.28. The lowest BCUT2D eigenvalue weighted by Crippen LogP contribution is -2.58. The molecule has 0 spiro atoms. The minimum atomic E-state index is -4.23. The van der Waals surface area contributed by atoms with Crippen LogP contribution in [0.2, 0.25) is 5.02 Å². The van der Waals surface area contributed by atoms with Gasteiger partial charge in [-0.1, -0.05) is 36.6 Å². The third kappa shape index (κ3) is 7.63. The van der Waals surface area contributed by atoms with Crippen molar-refractivity contribution in [3.05, 3.63) is 41.4 Å². The highest BCUT2D eigenvalue weighted by atomic mass is 35.5. The Labute approximate surface area is 251 Å². The minimum absolute atomic E-state index is 0.135. The van der Waals surface area contributed by atoms with Crippen LogP contribution >= 0.6 is 11.6 Å². The Hall–Kier alpha value is -3.12. The summed E-state index contributed by atoms with van der Waals surface area (Å²) in [6, 6.07) is 3.66. The number of nitrogens with zero attached hydrogens (tertiary/aromatic N) is 1. The van der Waals surface area contributed by atoms with Gasteiger partial charge in [0.1, 0.15) is 23.2 Å². The smallest absolute Gasteiger partial charge is 0.408 e. The number of hydrogen-bond donors (Lipinski definition) is 3. The molecule has 0 radical (unpaired) electrons. The van der Waals surface area contributed by atoms with Gasteiger partial charge in [0.05, 0.1) is 4.90 Å². The molecule has 1 saturated carbocycles. The molecule has 4 amide bonds. The number of benzene rings is 1. The van der Waals surface area contributed by atoms with Crippen molar-refractivity contribution in [2.45, 2.75) is 100 Å². The largest absolute Gasteiger partial charge is 0.444 e. The lowest BCUT2D eigenvalue weighted by Gasteiger charge is -2.30. The Morgan fingerprint density at radius 3 is 2.48 bits per heavy atom. The van der Waals surface area contributed by atoms with Crippen molar-refractivity contribution < 1.29 is 32.3 Å². The summed E-state index contributed by atoms with van der Waals surface area (Å²) in [5.74, 6) is -2.17. The van der Waals surface area contributed by atoms with Crippen LogP contribution in [-0.2, 0) is 29.1 Å². The number of alkyl carbamates (subject to hydrolysis) is 1. The molecule has 4 rings (SSSR count). The molecular weight excluding hydrogens is 584 g/mol. The van der Waals surface area contributed by atoms with Crippen LogP contribution in [0.4, 0.5) is 4.79 Å². The monoisotopic (exact) mass is 622 g/mol. The number of hydrogen-bond acceptors (Lipinski definition) is 7. The van der Waals surface area contributed by atoms with E-state index in [1.54, 1.807) is 20.8 Å². The van der Waals surface area contributed by atoms with E-state index in [4.69, 9.17) is 16.3 Å². The molecule has 42 heavy (non-hydrogen) atoms. The van der Waals surface area contributed by atoms with Crippen LogP contribution in [0.15, 0.2) is 41.3 Å². The summed E-state index contributed by atoms with van der Waals surface area (Å²) in [6.07, 6.45) is 7.64. The molecule has 11 nitrogen and oxygen atoms in total. The van der Waals surface area contributed by atoms with Crippen molar-refractivity contribution in [2.24, 2.45) is 5.92 Å². The first kappa shape index (κ1) is 31.8. The molecule has 13 heteroatoms. The second kappa shape index (κ2) is 12.6. The van der Waals surface area contributed by atoms with Crippen molar-refractivity contribution in [3.63, 3.8) is 0 Å². The Kier molecular flexibility index (Phi) is 9.56. The lowest BCUT2D eigenvalue weighted by molar-refractivity contribution is -0.141. The number of ether oxygens (including phenoxy) is 1. The zero-order chi connectivity index (χ0) is 30.7. The Balaban J connectivity index is 1.56. The summed E-state index contributed by atoms with van der Waals surface area (Å²) < 4.78 is 33.4. The molecule has 1 unspecified atom stereocenters. The fourth-order valence-electron chi connectivity index (χ4n) is 5.43. The van der Waals surface area contributed by atoms with Crippen LogP contribution in [-0.4, -0.2) is 66.9 Å². The molecule has 1 aliphatic carbocycles. The standard InChI is InChI=1S/C29H39ClN4O7S/c1-28(2,3)41-27(38)31-22-11-8-6-4-5-7-10-19-18-29(19,32-24(35)23-12-9-17-34(23)25(22)36)26(37)33-42(39,40)21-15-13-20(30)14-16-21/h7,10,13-16,19,22-23H,4-6,8-9,11-12,17-18H2,1-3H3,(H,31,38)(H,32,35)(H,33,37)/b10-7-/t19-,22+,23?,29-/m1/s1. The first-order valence-corrected chi connectivity index (χ1v) is 16.2. The summed E-state index contributed by atoms with van der Waals surface area (Å²) >= 11 is 5.87. The second-order valence-electron chi connectivity index (χ2n) is 12.1. The number of fused-ring (bicyclic) bond motifs is 2. The summed E-state index contributed by atoms with van der Waals surface area (Å²) in [7, 11) is -4.23. The zero-order valence-electron chi connectivity index (χ0n) is 24.2. The Bertz CT molecular complexity index is 1340. The topological polar surface area (TPSA) is 151 Å². The van der Waals surface area contributed by atoms with E-state index in [0.29, 0.717) is 43.7 Å². The van der Waals surface area contributed by atoms with Crippen molar-refractivity contribution >= 4 is 45.4 Å². The number of halogens is 1. The molecule has 2 fully saturated rings. The van der Waals surface area contributed by atoms with Gasteiger partial charge in [-0.25, -0.2) is 17.9 Å². The van der Waals surface area contributed by atoms with E-state index in [0.717, 1.165) is 12.8 Å². The van der Waals surface area contributed by atoms with E-state index in [1.165, 1.54) is 29.2 Å². The van der Waals surface area contributed by atoms with Crippen molar-refractivity contribution in [3.8, 4) is 0 Å². The zero-order valence-corrected chi connectivity index (χ0v) is 25.7. The molecule has 0 bridgehead atoms. The Morgan fingerprint density at radius 2 is 1.79 bits per heavy atom. The second-order valence-corrected chi connectivity index (χ2v) is 14.2. The lowest BCUT2D eigenvalue weighted by atomic mass is 10.0. The van der Waals surface area contributed by atoms with E-state index < -0.39 is 57.1 Å². The molecule has 0 aromatic heterocycles. The van der Waals surface area contributed by atoms with Gasteiger partial charge in [0.15, 0.2) is 0 Å². The molecule has 1 saturated heterocycles. The van der Waals surface area contributed by atoms with Gasteiger partial charge in [-0.05, 0) is 83.6 Å².